The van der Waals surface area contributed by atoms with Gasteiger partial charge in [0.2, 0.25) is 5.91 Å². The number of halogens is 1. The molecule has 4 heterocycles. The molecule has 218 valence electrons. The number of aromatic nitrogens is 2. The molecule has 0 radical (unpaired) electrons. The first kappa shape index (κ1) is 28.0. The summed E-state index contributed by atoms with van der Waals surface area (Å²) in [5.74, 6) is -0.185. The van der Waals surface area contributed by atoms with Gasteiger partial charge in [0.15, 0.2) is 11.6 Å². The topological polar surface area (TPSA) is 117 Å². The lowest BCUT2D eigenvalue weighted by Gasteiger charge is -2.32. The zero-order valence-electron chi connectivity index (χ0n) is 23.2. The number of hydrogen-bond donors (Lipinski definition) is 2. The number of urea groups is 1. The SMILES string of the molecule is Cn1nc(N2CCC(=O)NC2=O)c2ccc(C3CCN(Cc4cccc(S(=O)N5CCC(N)CC5)c4)CC3)c(F)c21. The second-order valence-electron chi connectivity index (χ2n) is 11.3. The van der Waals surface area contributed by atoms with Gasteiger partial charge in [0, 0.05) is 51.1 Å². The Labute approximate surface area is 241 Å². The number of imide groups is 1. The van der Waals surface area contributed by atoms with E-state index in [0.717, 1.165) is 68.9 Å². The van der Waals surface area contributed by atoms with Crippen LogP contribution in [0.25, 0.3) is 10.9 Å². The van der Waals surface area contributed by atoms with E-state index < -0.39 is 17.0 Å². The number of carbonyl (C=O) groups is 2. The second-order valence-corrected chi connectivity index (χ2v) is 12.8. The van der Waals surface area contributed by atoms with E-state index in [4.69, 9.17) is 5.73 Å². The van der Waals surface area contributed by atoms with E-state index >= 15 is 4.39 Å². The first-order chi connectivity index (χ1) is 19.8. The molecule has 10 nitrogen and oxygen atoms in total. The smallest absolute Gasteiger partial charge is 0.328 e. The van der Waals surface area contributed by atoms with Crippen molar-refractivity contribution in [1.82, 2.24) is 24.3 Å². The molecule has 3 fully saturated rings. The number of fused-ring (bicyclic) bond motifs is 1. The van der Waals surface area contributed by atoms with Gasteiger partial charge in [-0.25, -0.2) is 17.7 Å². The summed E-state index contributed by atoms with van der Waals surface area (Å²) in [5, 5.41) is 7.30. The summed E-state index contributed by atoms with van der Waals surface area (Å²) in [6.45, 7) is 4.14. The van der Waals surface area contributed by atoms with Crippen LogP contribution < -0.4 is 16.0 Å². The van der Waals surface area contributed by atoms with Crippen LogP contribution in [-0.2, 0) is 29.4 Å². The molecule has 41 heavy (non-hydrogen) atoms. The highest BCUT2D eigenvalue weighted by molar-refractivity contribution is 7.82. The lowest BCUT2D eigenvalue weighted by molar-refractivity contribution is -0.120. The average molecular weight is 582 g/mol. The van der Waals surface area contributed by atoms with Crippen LogP contribution >= 0.6 is 0 Å². The van der Waals surface area contributed by atoms with Crippen LogP contribution in [0.15, 0.2) is 41.3 Å². The maximum Gasteiger partial charge on any atom is 0.329 e. The zero-order valence-corrected chi connectivity index (χ0v) is 24.0. The van der Waals surface area contributed by atoms with Crippen molar-refractivity contribution >= 4 is 39.6 Å². The van der Waals surface area contributed by atoms with Crippen molar-refractivity contribution in [2.75, 3.05) is 37.6 Å². The van der Waals surface area contributed by atoms with Crippen LogP contribution in [-0.4, -0.2) is 73.9 Å². The number of benzene rings is 2. The molecule has 3 aromatic rings. The fourth-order valence-corrected chi connectivity index (χ4v) is 7.50. The standard InChI is InChI=1S/C29H36FN7O3S/c1-34-27-24(28(33-34)37-16-11-25(38)32-29(37)39)6-5-23(26(27)30)20-7-12-35(13-8-20)18-19-3-2-4-22(17-19)41(40)36-14-9-21(31)10-15-36/h2-6,17,20-21H,7-16,18,31H2,1H3,(H,32,38,39). The van der Waals surface area contributed by atoms with Gasteiger partial charge in [-0.2, -0.15) is 5.10 Å². The summed E-state index contributed by atoms with van der Waals surface area (Å²) in [7, 11) is 0.494. The molecule has 3 N–H and O–H groups in total. The molecule has 0 spiro atoms. The lowest BCUT2D eigenvalue weighted by Crippen LogP contribution is -2.49. The van der Waals surface area contributed by atoms with Crippen molar-refractivity contribution in [1.29, 1.82) is 0 Å². The molecule has 1 atom stereocenters. The highest BCUT2D eigenvalue weighted by Gasteiger charge is 2.31. The highest BCUT2D eigenvalue weighted by Crippen LogP contribution is 2.36. The third-order valence-corrected chi connectivity index (χ3v) is 10.0. The van der Waals surface area contributed by atoms with E-state index in [0.29, 0.717) is 22.3 Å². The summed E-state index contributed by atoms with van der Waals surface area (Å²) in [6, 6.07) is 11.4. The fourth-order valence-electron chi connectivity index (χ4n) is 6.21. The van der Waals surface area contributed by atoms with Gasteiger partial charge in [0.25, 0.3) is 0 Å². The molecule has 3 aliphatic heterocycles. The normalized spacial score (nSPS) is 21.0. The van der Waals surface area contributed by atoms with Crippen molar-refractivity contribution < 1.29 is 18.2 Å². The molecule has 3 saturated heterocycles. The number of rotatable bonds is 6. The summed E-state index contributed by atoms with van der Waals surface area (Å²) in [5.41, 5.74) is 8.17. The molecule has 1 unspecified atom stereocenters. The van der Waals surface area contributed by atoms with E-state index in [9.17, 15) is 13.8 Å². The van der Waals surface area contributed by atoms with Crippen LogP contribution in [0.4, 0.5) is 15.0 Å². The van der Waals surface area contributed by atoms with Crippen LogP contribution in [0, 0.1) is 5.82 Å². The van der Waals surface area contributed by atoms with Gasteiger partial charge in [0.1, 0.15) is 16.5 Å². The lowest BCUT2D eigenvalue weighted by atomic mass is 9.88. The number of hydrogen-bond acceptors (Lipinski definition) is 6. The van der Waals surface area contributed by atoms with Crippen molar-refractivity contribution in [3.8, 4) is 0 Å². The number of carbonyl (C=O) groups excluding carboxylic acids is 2. The predicted octanol–water partition coefficient (Wildman–Crippen LogP) is 2.98. The quantitative estimate of drug-likeness (QED) is 0.463. The van der Waals surface area contributed by atoms with Crippen molar-refractivity contribution in [3.63, 3.8) is 0 Å². The van der Waals surface area contributed by atoms with Gasteiger partial charge in [-0.1, -0.05) is 18.2 Å². The Balaban J connectivity index is 1.11. The fraction of sp³-hybridized carbons (Fsp3) is 0.483. The van der Waals surface area contributed by atoms with Gasteiger partial charge in [-0.15, -0.1) is 0 Å². The first-order valence-electron chi connectivity index (χ1n) is 14.3. The summed E-state index contributed by atoms with van der Waals surface area (Å²) in [4.78, 5) is 28.5. The van der Waals surface area contributed by atoms with Crippen LogP contribution in [0.2, 0.25) is 0 Å². The number of anilines is 1. The Kier molecular flexibility index (Phi) is 7.90. The van der Waals surface area contributed by atoms with Gasteiger partial charge in [-0.05, 0) is 74.0 Å². The summed E-state index contributed by atoms with van der Waals surface area (Å²) in [6.07, 6.45) is 3.56. The Bertz CT molecular complexity index is 1500. The molecule has 2 aromatic carbocycles. The molecule has 3 amide bonds. The van der Waals surface area contributed by atoms with E-state index in [-0.39, 0.29) is 36.6 Å². The molecule has 0 bridgehead atoms. The molecule has 1 aromatic heterocycles. The maximum atomic E-state index is 15.9. The number of nitrogens with two attached hydrogens (primary N) is 1. The minimum atomic E-state index is -1.18. The number of nitrogens with one attached hydrogen (secondary N) is 1. The van der Waals surface area contributed by atoms with Gasteiger partial charge < -0.3 is 5.73 Å². The van der Waals surface area contributed by atoms with Crippen LogP contribution in [0.1, 0.15) is 49.1 Å². The Morgan fingerprint density at radius 2 is 1.80 bits per heavy atom. The van der Waals surface area contributed by atoms with E-state index in [1.807, 2.05) is 34.6 Å². The largest absolute Gasteiger partial charge is 0.329 e. The number of piperidine rings is 2. The number of nitrogens with zero attached hydrogens (tertiary/aromatic N) is 5. The third kappa shape index (κ3) is 5.66. The minimum Gasteiger partial charge on any atom is -0.328 e. The molecule has 12 heteroatoms. The average Bonchev–Trinajstić information content (AvgIpc) is 3.30. The van der Waals surface area contributed by atoms with Gasteiger partial charge in [-0.3, -0.25) is 24.6 Å². The number of likely N-dealkylation sites (tertiary alicyclic amines) is 1. The van der Waals surface area contributed by atoms with Gasteiger partial charge >= 0.3 is 6.03 Å². The van der Waals surface area contributed by atoms with Crippen LogP contribution in [0.3, 0.4) is 0 Å². The highest BCUT2D eigenvalue weighted by atomic mass is 32.2. The van der Waals surface area contributed by atoms with E-state index in [2.05, 4.69) is 21.4 Å². The minimum absolute atomic E-state index is 0.0780. The van der Waals surface area contributed by atoms with E-state index in [1.165, 1.54) is 9.58 Å². The summed E-state index contributed by atoms with van der Waals surface area (Å²) >= 11 is 0. The molecule has 6 rings (SSSR count). The molecule has 0 aliphatic carbocycles. The third-order valence-electron chi connectivity index (χ3n) is 8.53. The monoisotopic (exact) mass is 581 g/mol. The maximum absolute atomic E-state index is 15.9. The summed E-state index contributed by atoms with van der Waals surface area (Å²) < 4.78 is 32.5. The van der Waals surface area contributed by atoms with Crippen molar-refractivity contribution in [2.24, 2.45) is 12.8 Å². The van der Waals surface area contributed by atoms with Crippen LogP contribution in [0.5, 0.6) is 0 Å². The number of amides is 3. The molecule has 0 saturated carbocycles. The first-order valence-corrected chi connectivity index (χ1v) is 15.4. The Morgan fingerprint density at radius 1 is 1.05 bits per heavy atom. The molecular formula is C29H36FN7O3S. The van der Waals surface area contributed by atoms with Crippen molar-refractivity contribution in [2.45, 2.75) is 55.5 Å². The Hall–Kier alpha value is -3.19. The van der Waals surface area contributed by atoms with Crippen molar-refractivity contribution in [3.05, 3.63) is 53.3 Å². The number of aryl methyl sites for hydroxylation is 1. The van der Waals surface area contributed by atoms with Gasteiger partial charge in [0.05, 0.1) is 4.90 Å². The van der Waals surface area contributed by atoms with E-state index in [1.54, 1.807) is 7.05 Å². The Morgan fingerprint density at radius 3 is 2.54 bits per heavy atom. The zero-order chi connectivity index (χ0) is 28.7. The second kappa shape index (κ2) is 11.6. The molecule has 3 aliphatic rings. The predicted molar refractivity (Wildman–Crippen MR) is 155 cm³/mol. The molecular weight excluding hydrogens is 545 g/mol.